The average molecular weight is 472 g/mol. The van der Waals surface area contributed by atoms with Crippen molar-refractivity contribution >= 4 is 10.9 Å². The maximum Gasteiger partial charge on any atom is 0.416 e. The van der Waals surface area contributed by atoms with Crippen LogP contribution in [-0.2, 0) is 24.0 Å². The van der Waals surface area contributed by atoms with E-state index in [2.05, 4.69) is 10.1 Å². The summed E-state index contributed by atoms with van der Waals surface area (Å²) in [6.07, 6.45) is -3.12. The highest BCUT2D eigenvalue weighted by atomic mass is 19.4. The van der Waals surface area contributed by atoms with Gasteiger partial charge in [0.1, 0.15) is 6.54 Å². The van der Waals surface area contributed by atoms with Gasteiger partial charge in [-0.25, -0.2) is 4.79 Å². The summed E-state index contributed by atoms with van der Waals surface area (Å²) < 4.78 is 52.5. The van der Waals surface area contributed by atoms with Crippen LogP contribution in [0.4, 0.5) is 13.2 Å². The fourth-order valence-electron chi connectivity index (χ4n) is 4.08. The normalized spacial score (nSPS) is 16.4. The summed E-state index contributed by atoms with van der Waals surface area (Å²) in [5, 5.41) is 4.13. The number of hydrogen-bond donors (Lipinski definition) is 0. The lowest BCUT2D eigenvalue weighted by Gasteiger charge is -2.15. The highest BCUT2D eigenvalue weighted by Crippen LogP contribution is 2.31. The molecule has 0 N–H and O–H groups in total. The highest BCUT2D eigenvalue weighted by molar-refractivity contribution is 5.77. The van der Waals surface area contributed by atoms with Gasteiger partial charge in [-0.15, -0.1) is 0 Å². The third kappa shape index (κ3) is 4.14. The van der Waals surface area contributed by atoms with Crippen molar-refractivity contribution in [1.29, 1.82) is 0 Å². The van der Waals surface area contributed by atoms with E-state index in [4.69, 9.17) is 9.26 Å². The van der Waals surface area contributed by atoms with Gasteiger partial charge >= 0.3 is 11.9 Å². The SMILES string of the molecule is O=c1c2ccccc2n(Cc2nc(-c3cccc(C(F)(F)F)c3)no2)c(=O)n1C[C@H]1CCCO1. The molecular weight excluding hydrogens is 453 g/mol. The van der Waals surface area contributed by atoms with Crippen LogP contribution in [0.1, 0.15) is 24.3 Å². The van der Waals surface area contributed by atoms with Gasteiger partial charge in [0.15, 0.2) is 0 Å². The van der Waals surface area contributed by atoms with E-state index in [-0.39, 0.29) is 36.5 Å². The zero-order valence-electron chi connectivity index (χ0n) is 17.8. The van der Waals surface area contributed by atoms with Crippen LogP contribution in [-0.4, -0.2) is 32.0 Å². The van der Waals surface area contributed by atoms with Crippen molar-refractivity contribution in [3.63, 3.8) is 0 Å². The number of aromatic nitrogens is 4. The lowest BCUT2D eigenvalue weighted by molar-refractivity contribution is -0.137. The van der Waals surface area contributed by atoms with Crippen molar-refractivity contribution < 1.29 is 22.4 Å². The van der Waals surface area contributed by atoms with Crippen LogP contribution >= 0.6 is 0 Å². The second-order valence-corrected chi connectivity index (χ2v) is 8.03. The number of hydrogen-bond acceptors (Lipinski definition) is 6. The van der Waals surface area contributed by atoms with E-state index < -0.39 is 23.0 Å². The molecule has 11 heteroatoms. The number of para-hydroxylation sites is 1. The van der Waals surface area contributed by atoms with E-state index in [0.717, 1.165) is 29.5 Å². The number of rotatable bonds is 5. The standard InChI is InChI=1S/C23H19F3N4O4/c24-23(25,26)15-6-3-5-14(11-15)20-27-19(34-28-20)13-29-18-9-2-1-8-17(18)21(31)30(22(29)32)12-16-7-4-10-33-16/h1-3,5-6,8-9,11,16H,4,7,10,12-13H2/t16-/m1/s1. The molecule has 176 valence electrons. The molecule has 8 nitrogen and oxygen atoms in total. The van der Waals surface area contributed by atoms with E-state index >= 15 is 0 Å². The van der Waals surface area contributed by atoms with E-state index in [9.17, 15) is 22.8 Å². The summed E-state index contributed by atoms with van der Waals surface area (Å²) in [6.45, 7) is 0.556. The number of benzene rings is 2. The van der Waals surface area contributed by atoms with Crippen LogP contribution in [0.25, 0.3) is 22.3 Å². The predicted octanol–water partition coefficient (Wildman–Crippen LogP) is 3.46. The van der Waals surface area contributed by atoms with Gasteiger partial charge in [-0.2, -0.15) is 18.2 Å². The first kappa shape index (κ1) is 22.1. The molecule has 4 aromatic rings. The number of nitrogens with zero attached hydrogens (tertiary/aromatic N) is 4. The third-order valence-electron chi connectivity index (χ3n) is 5.75. The molecule has 2 aromatic heterocycles. The molecule has 34 heavy (non-hydrogen) atoms. The minimum atomic E-state index is -4.51. The number of ether oxygens (including phenoxy) is 1. The largest absolute Gasteiger partial charge is 0.416 e. The minimum Gasteiger partial charge on any atom is -0.376 e. The molecule has 0 radical (unpaired) electrons. The molecule has 0 unspecified atom stereocenters. The van der Waals surface area contributed by atoms with Crippen molar-refractivity contribution in [1.82, 2.24) is 19.3 Å². The Morgan fingerprint density at radius 2 is 1.88 bits per heavy atom. The fourth-order valence-corrected chi connectivity index (χ4v) is 4.08. The molecule has 1 aliphatic heterocycles. The Balaban J connectivity index is 1.53. The first-order chi connectivity index (χ1) is 16.3. The van der Waals surface area contributed by atoms with Crippen molar-refractivity contribution in [2.24, 2.45) is 0 Å². The number of halogens is 3. The zero-order valence-corrected chi connectivity index (χ0v) is 17.8. The van der Waals surface area contributed by atoms with Crippen molar-refractivity contribution in [3.05, 3.63) is 80.8 Å². The van der Waals surface area contributed by atoms with Gasteiger partial charge in [-0.05, 0) is 37.1 Å². The van der Waals surface area contributed by atoms with Gasteiger partial charge in [0.2, 0.25) is 11.7 Å². The second kappa shape index (κ2) is 8.56. The molecular formula is C23H19F3N4O4. The van der Waals surface area contributed by atoms with Gasteiger partial charge in [0.25, 0.3) is 5.56 Å². The smallest absolute Gasteiger partial charge is 0.376 e. The molecule has 1 saturated heterocycles. The van der Waals surface area contributed by atoms with Crippen LogP contribution in [0.5, 0.6) is 0 Å². The number of alkyl halides is 3. The van der Waals surface area contributed by atoms with E-state index in [1.54, 1.807) is 24.3 Å². The molecule has 1 atom stereocenters. The summed E-state index contributed by atoms with van der Waals surface area (Å²) >= 11 is 0. The summed E-state index contributed by atoms with van der Waals surface area (Å²) in [5.41, 5.74) is -1.29. The van der Waals surface area contributed by atoms with Crippen LogP contribution in [0.15, 0.2) is 62.6 Å². The maximum absolute atomic E-state index is 13.3. The molecule has 5 rings (SSSR count). The average Bonchev–Trinajstić information content (AvgIpc) is 3.51. The Morgan fingerprint density at radius 1 is 1.06 bits per heavy atom. The van der Waals surface area contributed by atoms with Crippen molar-refractivity contribution in [2.75, 3.05) is 6.61 Å². The van der Waals surface area contributed by atoms with Crippen LogP contribution in [0.2, 0.25) is 0 Å². The topological polar surface area (TPSA) is 92.2 Å². The molecule has 1 aliphatic rings. The first-order valence-electron chi connectivity index (χ1n) is 10.7. The molecule has 2 aromatic carbocycles. The molecule has 0 spiro atoms. The van der Waals surface area contributed by atoms with Gasteiger partial charge in [0.05, 0.1) is 29.1 Å². The first-order valence-corrected chi connectivity index (χ1v) is 10.7. The zero-order chi connectivity index (χ0) is 23.9. The van der Waals surface area contributed by atoms with Gasteiger partial charge in [-0.3, -0.25) is 13.9 Å². The fraction of sp³-hybridized carbons (Fsp3) is 0.304. The molecule has 0 aliphatic carbocycles. The molecule has 3 heterocycles. The minimum absolute atomic E-state index is 0.0157. The van der Waals surface area contributed by atoms with Gasteiger partial charge in [-0.1, -0.05) is 29.4 Å². The Bertz CT molecular complexity index is 1470. The lowest BCUT2D eigenvalue weighted by atomic mass is 10.1. The molecule has 1 fully saturated rings. The highest BCUT2D eigenvalue weighted by Gasteiger charge is 2.31. The second-order valence-electron chi connectivity index (χ2n) is 8.03. The van der Waals surface area contributed by atoms with E-state index in [1.807, 2.05) is 0 Å². The Kier molecular flexibility index (Phi) is 5.56. The monoisotopic (exact) mass is 472 g/mol. The third-order valence-corrected chi connectivity index (χ3v) is 5.75. The van der Waals surface area contributed by atoms with Crippen LogP contribution in [0, 0.1) is 0 Å². The summed E-state index contributed by atoms with van der Waals surface area (Å²) in [5.74, 6) is -0.0203. The van der Waals surface area contributed by atoms with Crippen molar-refractivity contribution in [3.8, 4) is 11.4 Å². The Hall–Kier alpha value is -3.73. The lowest BCUT2D eigenvalue weighted by Crippen LogP contribution is -2.42. The summed E-state index contributed by atoms with van der Waals surface area (Å²) in [7, 11) is 0. The molecule has 0 amide bonds. The van der Waals surface area contributed by atoms with Gasteiger partial charge < -0.3 is 9.26 Å². The summed E-state index contributed by atoms with van der Waals surface area (Å²) in [4.78, 5) is 30.5. The Labute approximate surface area is 190 Å². The van der Waals surface area contributed by atoms with Crippen LogP contribution < -0.4 is 11.2 Å². The van der Waals surface area contributed by atoms with E-state index in [1.165, 1.54) is 16.7 Å². The van der Waals surface area contributed by atoms with Crippen molar-refractivity contribution in [2.45, 2.75) is 38.2 Å². The maximum atomic E-state index is 13.3. The van der Waals surface area contributed by atoms with E-state index in [0.29, 0.717) is 17.5 Å². The summed E-state index contributed by atoms with van der Waals surface area (Å²) in [6, 6.07) is 11.2. The molecule has 0 saturated carbocycles. The Morgan fingerprint density at radius 3 is 2.65 bits per heavy atom. The predicted molar refractivity (Wildman–Crippen MR) is 115 cm³/mol. The number of fused-ring (bicyclic) bond motifs is 1. The molecule has 0 bridgehead atoms. The van der Waals surface area contributed by atoms with Gasteiger partial charge in [0, 0.05) is 12.2 Å². The quantitative estimate of drug-likeness (QED) is 0.442. The van der Waals surface area contributed by atoms with Crippen LogP contribution in [0.3, 0.4) is 0 Å².